The molecular weight excluding hydrogens is 294 g/mol. The summed E-state index contributed by atoms with van der Waals surface area (Å²) in [5.41, 5.74) is -0.635. The van der Waals surface area contributed by atoms with Gasteiger partial charge in [0.25, 0.3) is 0 Å². The number of benzene rings is 1. The van der Waals surface area contributed by atoms with Crippen molar-refractivity contribution >= 4 is 19.3 Å². The number of alkyl halides is 3. The predicted molar refractivity (Wildman–Crippen MR) is 72.6 cm³/mol. The van der Waals surface area contributed by atoms with Gasteiger partial charge in [-0.05, 0) is 18.2 Å². The highest BCUT2D eigenvalue weighted by Crippen LogP contribution is 2.34. The normalized spacial score (nSPS) is 14.5. The first-order valence-corrected chi connectivity index (χ1v) is 6.44. The van der Waals surface area contributed by atoms with E-state index in [2.05, 4.69) is 10.2 Å². The van der Waals surface area contributed by atoms with Crippen molar-refractivity contribution in [2.75, 3.05) is 11.4 Å². The first-order valence-electron chi connectivity index (χ1n) is 6.44. The number of nitrogens with zero attached hydrogens (tertiary/aromatic N) is 5. The van der Waals surface area contributed by atoms with Gasteiger partial charge in [-0.25, -0.2) is 0 Å². The molecule has 0 unspecified atom stereocenters. The molecule has 0 amide bonds. The lowest BCUT2D eigenvalue weighted by molar-refractivity contribution is -0.137. The van der Waals surface area contributed by atoms with E-state index >= 15 is 0 Å². The van der Waals surface area contributed by atoms with Gasteiger partial charge in [-0.1, -0.05) is 0 Å². The highest BCUT2D eigenvalue weighted by molar-refractivity contribution is 6.29. The molecule has 0 fully saturated rings. The molecule has 9 heteroatoms. The van der Waals surface area contributed by atoms with Crippen LogP contribution in [0.15, 0.2) is 18.2 Å². The van der Waals surface area contributed by atoms with Gasteiger partial charge in [0.1, 0.15) is 0 Å². The molecule has 1 aromatic heterocycles. The van der Waals surface area contributed by atoms with Gasteiger partial charge < -0.3 is 9.47 Å². The van der Waals surface area contributed by atoms with Gasteiger partial charge >= 0.3 is 6.18 Å². The fourth-order valence-corrected chi connectivity index (χ4v) is 2.46. The van der Waals surface area contributed by atoms with Crippen LogP contribution in [0.5, 0.6) is 0 Å². The van der Waals surface area contributed by atoms with Crippen molar-refractivity contribution in [3.05, 3.63) is 35.2 Å². The Morgan fingerprint density at radius 1 is 1.23 bits per heavy atom. The molecule has 0 atom stereocenters. The summed E-state index contributed by atoms with van der Waals surface area (Å²) in [7, 11) is 5.65. The van der Waals surface area contributed by atoms with Gasteiger partial charge in [-0.3, -0.25) is 0 Å². The Morgan fingerprint density at radius 3 is 2.68 bits per heavy atom. The van der Waals surface area contributed by atoms with Gasteiger partial charge in [0.15, 0.2) is 13.7 Å². The zero-order valence-corrected chi connectivity index (χ0v) is 11.3. The molecular formula is C13H9BF3N5. The fraction of sp³-hybridized carbons (Fsp3) is 0.308. The molecule has 3 rings (SSSR count). The molecule has 1 aliphatic rings. The van der Waals surface area contributed by atoms with Gasteiger partial charge in [-0.15, -0.1) is 10.2 Å². The van der Waals surface area contributed by atoms with Crippen LogP contribution in [-0.4, -0.2) is 29.2 Å². The third kappa shape index (κ3) is 2.41. The highest BCUT2D eigenvalue weighted by atomic mass is 19.4. The molecule has 0 aliphatic carbocycles. The molecule has 0 saturated heterocycles. The zero-order valence-electron chi connectivity index (χ0n) is 11.3. The lowest BCUT2D eigenvalue weighted by Gasteiger charge is -2.30. The maximum Gasteiger partial charge on any atom is 0.417 e. The van der Waals surface area contributed by atoms with Crippen molar-refractivity contribution in [1.29, 1.82) is 5.26 Å². The monoisotopic (exact) mass is 303 g/mol. The van der Waals surface area contributed by atoms with Crippen LogP contribution in [0.3, 0.4) is 0 Å². The summed E-state index contributed by atoms with van der Waals surface area (Å²) in [4.78, 5) is 1.75. The summed E-state index contributed by atoms with van der Waals surface area (Å²) in [6.07, 6.45) is -4.57. The molecule has 0 N–H and O–H groups in total. The molecule has 110 valence electrons. The van der Waals surface area contributed by atoms with Crippen LogP contribution in [-0.2, 0) is 19.3 Å². The van der Waals surface area contributed by atoms with E-state index in [1.807, 2.05) is 0 Å². The summed E-state index contributed by atoms with van der Waals surface area (Å²) in [5, 5.41) is 16.5. The maximum absolute atomic E-state index is 13.0. The Hall–Kier alpha value is -2.50. The quantitative estimate of drug-likeness (QED) is 0.737. The fourth-order valence-electron chi connectivity index (χ4n) is 2.46. The van der Waals surface area contributed by atoms with E-state index in [4.69, 9.17) is 13.1 Å². The highest BCUT2D eigenvalue weighted by Gasteiger charge is 2.34. The largest absolute Gasteiger partial charge is 0.417 e. The van der Waals surface area contributed by atoms with Crippen molar-refractivity contribution in [2.24, 2.45) is 0 Å². The van der Waals surface area contributed by atoms with E-state index < -0.39 is 11.7 Å². The number of halogens is 3. The average Bonchev–Trinajstić information content (AvgIpc) is 2.86. The van der Waals surface area contributed by atoms with Crippen molar-refractivity contribution in [3.8, 4) is 6.07 Å². The van der Waals surface area contributed by atoms with Gasteiger partial charge in [0.2, 0.25) is 0 Å². The van der Waals surface area contributed by atoms with E-state index in [1.165, 1.54) is 12.1 Å². The summed E-state index contributed by atoms with van der Waals surface area (Å²) in [6.45, 7) is 1.29. The average molecular weight is 303 g/mol. The third-order valence-corrected chi connectivity index (χ3v) is 3.58. The molecule has 0 saturated carbocycles. The molecule has 1 aliphatic heterocycles. The van der Waals surface area contributed by atoms with E-state index in [1.54, 1.807) is 15.5 Å². The summed E-state index contributed by atoms with van der Waals surface area (Å²) >= 11 is 0. The molecule has 2 radical (unpaired) electrons. The van der Waals surface area contributed by atoms with Crippen molar-refractivity contribution < 1.29 is 13.2 Å². The summed E-state index contributed by atoms with van der Waals surface area (Å²) in [5.74, 6) is 0.599. The van der Waals surface area contributed by atoms with Gasteiger partial charge in [0, 0.05) is 18.8 Å². The number of aromatic nitrogens is 3. The Kier molecular flexibility index (Phi) is 3.32. The van der Waals surface area contributed by atoms with Gasteiger partial charge in [-0.2, -0.15) is 18.4 Å². The van der Waals surface area contributed by atoms with Crippen LogP contribution in [0.25, 0.3) is 0 Å². The van der Waals surface area contributed by atoms with Crippen LogP contribution < -0.4 is 10.6 Å². The maximum atomic E-state index is 13.0. The van der Waals surface area contributed by atoms with E-state index in [9.17, 15) is 13.2 Å². The first kappa shape index (κ1) is 14.4. The van der Waals surface area contributed by atoms with Crippen molar-refractivity contribution in [3.63, 3.8) is 0 Å². The Morgan fingerprint density at radius 2 is 2.00 bits per heavy atom. The van der Waals surface area contributed by atoms with Crippen molar-refractivity contribution in [2.45, 2.75) is 19.3 Å². The number of anilines is 1. The predicted octanol–water partition coefficient (Wildman–Crippen LogP) is 0.983. The Labute approximate surface area is 125 Å². The van der Waals surface area contributed by atoms with E-state index in [-0.39, 0.29) is 5.56 Å². The smallest absolute Gasteiger partial charge is 0.362 e. The van der Waals surface area contributed by atoms with Crippen LogP contribution in [0.1, 0.15) is 17.0 Å². The van der Waals surface area contributed by atoms with E-state index in [0.717, 1.165) is 6.07 Å². The molecule has 0 bridgehead atoms. The first-order chi connectivity index (χ1) is 10.4. The molecule has 1 aromatic carbocycles. The summed E-state index contributed by atoms with van der Waals surface area (Å²) < 4.78 is 40.8. The lowest BCUT2D eigenvalue weighted by Crippen LogP contribution is -2.37. The number of nitriles is 1. The molecule has 5 nitrogen and oxygen atoms in total. The number of fused-ring (bicyclic) bond motifs is 1. The molecule has 2 heterocycles. The minimum atomic E-state index is -4.57. The molecule has 0 spiro atoms. The topological polar surface area (TPSA) is 57.7 Å². The van der Waals surface area contributed by atoms with Crippen LogP contribution >= 0.6 is 0 Å². The van der Waals surface area contributed by atoms with Crippen LogP contribution in [0.2, 0.25) is 0 Å². The second kappa shape index (κ2) is 5.05. The Bertz CT molecular complexity index is 762. The lowest BCUT2D eigenvalue weighted by atomic mass is 10.1. The van der Waals surface area contributed by atoms with Gasteiger partial charge in [0.05, 0.1) is 29.5 Å². The second-order valence-corrected chi connectivity index (χ2v) is 4.89. The number of hydrogen-bond acceptors (Lipinski definition) is 4. The second-order valence-electron chi connectivity index (χ2n) is 4.89. The Balaban J connectivity index is 1.95. The van der Waals surface area contributed by atoms with Crippen molar-refractivity contribution in [1.82, 2.24) is 14.8 Å². The number of hydrogen-bond donors (Lipinski definition) is 0. The third-order valence-electron chi connectivity index (χ3n) is 3.58. The van der Waals surface area contributed by atoms with Crippen LogP contribution in [0.4, 0.5) is 18.9 Å². The van der Waals surface area contributed by atoms with Crippen LogP contribution in [0, 0.1) is 11.3 Å². The minimum Gasteiger partial charge on any atom is -0.362 e. The minimum absolute atomic E-state index is 0.297. The molecule has 2 aromatic rings. The summed E-state index contributed by atoms with van der Waals surface area (Å²) in [6, 6.07) is 5.25. The molecule has 22 heavy (non-hydrogen) atoms. The standard InChI is InChI=1S/C13H9BF3N5/c14-12-20-19-11-7-21(3-4-22(11)12)9-2-1-8(6-18)10(5-9)13(15,16)17/h1-2,5H,3-4,7H2. The SMILES string of the molecule is [B]c1nnc2n1CCN(c1ccc(C#N)c(C(F)(F)F)c1)C2. The number of rotatable bonds is 1. The zero-order chi connectivity index (χ0) is 15.9. The van der Waals surface area contributed by atoms with E-state index in [0.29, 0.717) is 36.9 Å².